The second-order valence-corrected chi connectivity index (χ2v) is 3.39. The van der Waals surface area contributed by atoms with Crippen molar-refractivity contribution in [3.63, 3.8) is 0 Å². The molecule has 0 spiro atoms. The quantitative estimate of drug-likeness (QED) is 0.845. The van der Waals surface area contributed by atoms with E-state index in [1.807, 2.05) is 0 Å². The Hall–Kier alpha value is -1.89. The van der Waals surface area contributed by atoms with E-state index in [1.54, 1.807) is 0 Å². The molecule has 0 radical (unpaired) electrons. The maximum absolute atomic E-state index is 12.5. The number of nitrogens with one attached hydrogen (secondary N) is 1. The van der Waals surface area contributed by atoms with Crippen molar-refractivity contribution in [2.45, 2.75) is 12.7 Å². The molecule has 0 fully saturated rings. The van der Waals surface area contributed by atoms with Crippen molar-refractivity contribution in [2.24, 2.45) is 5.73 Å². The Morgan fingerprint density at radius 3 is 2.65 bits per heavy atom. The van der Waals surface area contributed by atoms with Gasteiger partial charge in [-0.3, -0.25) is 5.10 Å². The smallest absolute Gasteiger partial charge is 0.324 e. The number of hydrogen-bond donors (Lipinski definition) is 2. The van der Waals surface area contributed by atoms with Crippen LogP contribution in [0.1, 0.15) is 11.4 Å². The molecule has 0 saturated carbocycles. The fraction of sp³-hybridized carbons (Fsp3) is 0.200. The lowest BCUT2D eigenvalue weighted by molar-refractivity contribution is -0.137. The van der Waals surface area contributed by atoms with E-state index in [2.05, 4.69) is 15.2 Å². The summed E-state index contributed by atoms with van der Waals surface area (Å²) >= 11 is 0. The molecule has 0 atom stereocenters. The Labute approximate surface area is 94.7 Å². The van der Waals surface area contributed by atoms with Crippen LogP contribution < -0.4 is 5.73 Å². The van der Waals surface area contributed by atoms with Crippen LogP contribution in [0.15, 0.2) is 24.3 Å². The van der Waals surface area contributed by atoms with Crippen molar-refractivity contribution in [3.05, 3.63) is 35.7 Å². The summed E-state index contributed by atoms with van der Waals surface area (Å²) in [5, 5.41) is 6.34. The minimum absolute atomic E-state index is 0.159. The zero-order valence-electron chi connectivity index (χ0n) is 8.62. The summed E-state index contributed by atoms with van der Waals surface area (Å²) in [6.45, 7) is 0.159. The zero-order valence-corrected chi connectivity index (χ0v) is 8.62. The van der Waals surface area contributed by atoms with E-state index < -0.39 is 11.7 Å². The minimum Gasteiger partial charge on any atom is -0.324 e. The normalized spacial score (nSPS) is 11.8. The molecule has 7 heteroatoms. The monoisotopic (exact) mass is 242 g/mol. The molecule has 17 heavy (non-hydrogen) atoms. The lowest BCUT2D eigenvalue weighted by Crippen LogP contribution is -2.04. The highest BCUT2D eigenvalue weighted by atomic mass is 19.4. The Balaban J connectivity index is 2.39. The second kappa shape index (κ2) is 4.17. The summed E-state index contributed by atoms with van der Waals surface area (Å²) < 4.78 is 37.5. The van der Waals surface area contributed by atoms with E-state index in [0.717, 1.165) is 12.1 Å². The molecule has 4 nitrogen and oxygen atoms in total. The van der Waals surface area contributed by atoms with Gasteiger partial charge in [-0.05, 0) is 12.1 Å². The van der Waals surface area contributed by atoms with Crippen molar-refractivity contribution in [3.8, 4) is 11.4 Å². The highest BCUT2D eigenvalue weighted by molar-refractivity contribution is 5.56. The lowest BCUT2D eigenvalue weighted by Gasteiger charge is -2.06. The van der Waals surface area contributed by atoms with Gasteiger partial charge in [0, 0.05) is 5.56 Å². The first-order valence-corrected chi connectivity index (χ1v) is 4.79. The molecular weight excluding hydrogens is 233 g/mol. The van der Waals surface area contributed by atoms with Gasteiger partial charge in [-0.2, -0.15) is 18.3 Å². The first kappa shape index (κ1) is 11.6. The molecule has 0 aliphatic carbocycles. The Kier molecular flexibility index (Phi) is 2.84. The van der Waals surface area contributed by atoms with Crippen LogP contribution >= 0.6 is 0 Å². The fourth-order valence-electron chi connectivity index (χ4n) is 1.35. The highest BCUT2D eigenvalue weighted by Crippen LogP contribution is 2.31. The average Bonchev–Trinajstić information content (AvgIpc) is 2.76. The van der Waals surface area contributed by atoms with E-state index in [1.165, 1.54) is 12.1 Å². The predicted octanol–water partition coefficient (Wildman–Crippen LogP) is 1.95. The summed E-state index contributed by atoms with van der Waals surface area (Å²) in [6.07, 6.45) is -4.37. The molecule has 0 unspecified atom stereocenters. The first-order chi connectivity index (χ1) is 8.00. The maximum atomic E-state index is 12.5. The van der Waals surface area contributed by atoms with Crippen molar-refractivity contribution in [2.75, 3.05) is 0 Å². The number of nitrogens with zero attached hydrogens (tertiary/aromatic N) is 2. The molecule has 2 rings (SSSR count). The van der Waals surface area contributed by atoms with Crippen LogP contribution in [0.2, 0.25) is 0 Å². The van der Waals surface area contributed by atoms with Crippen LogP contribution in [0.4, 0.5) is 13.2 Å². The third-order valence-corrected chi connectivity index (χ3v) is 2.17. The van der Waals surface area contributed by atoms with Crippen LogP contribution in [0.5, 0.6) is 0 Å². The molecule has 1 aromatic heterocycles. The van der Waals surface area contributed by atoms with Crippen LogP contribution in [-0.4, -0.2) is 15.2 Å². The van der Waals surface area contributed by atoms with Gasteiger partial charge in [-0.25, -0.2) is 4.98 Å². The van der Waals surface area contributed by atoms with Crippen molar-refractivity contribution in [1.29, 1.82) is 0 Å². The minimum atomic E-state index is -4.37. The van der Waals surface area contributed by atoms with Gasteiger partial charge in [0.25, 0.3) is 0 Å². The number of rotatable bonds is 2. The second-order valence-electron chi connectivity index (χ2n) is 3.39. The lowest BCUT2D eigenvalue weighted by atomic mass is 10.1. The number of nitrogens with two attached hydrogens (primary N) is 1. The van der Waals surface area contributed by atoms with Gasteiger partial charge >= 0.3 is 6.18 Å². The molecule has 0 bridgehead atoms. The zero-order chi connectivity index (χ0) is 12.5. The average molecular weight is 242 g/mol. The molecule has 1 heterocycles. The van der Waals surface area contributed by atoms with Crippen LogP contribution in [0, 0.1) is 0 Å². The van der Waals surface area contributed by atoms with Gasteiger partial charge in [-0.1, -0.05) is 12.1 Å². The number of aromatic amines is 1. The van der Waals surface area contributed by atoms with Crippen molar-refractivity contribution in [1.82, 2.24) is 15.2 Å². The standard InChI is InChI=1S/C10H9F3N4/c11-10(12,13)7-3-1-2-6(4-7)9-15-8(5-14)16-17-9/h1-4H,5,14H2,(H,15,16,17). The maximum Gasteiger partial charge on any atom is 0.416 e. The highest BCUT2D eigenvalue weighted by Gasteiger charge is 2.30. The van der Waals surface area contributed by atoms with Crippen molar-refractivity contribution < 1.29 is 13.2 Å². The fourth-order valence-corrected chi connectivity index (χ4v) is 1.35. The molecule has 0 saturated heterocycles. The van der Waals surface area contributed by atoms with Gasteiger partial charge in [0.2, 0.25) is 0 Å². The van der Waals surface area contributed by atoms with Gasteiger partial charge < -0.3 is 5.73 Å². The van der Waals surface area contributed by atoms with Crippen LogP contribution in [0.25, 0.3) is 11.4 Å². The number of H-pyrrole nitrogens is 1. The molecular formula is C10H9F3N4. The topological polar surface area (TPSA) is 67.6 Å². The van der Waals surface area contributed by atoms with E-state index >= 15 is 0 Å². The summed E-state index contributed by atoms with van der Waals surface area (Å²) in [6, 6.07) is 4.83. The number of benzene rings is 1. The number of aromatic nitrogens is 3. The molecule has 0 aliphatic rings. The third kappa shape index (κ3) is 2.44. The van der Waals surface area contributed by atoms with Gasteiger partial charge in [0.15, 0.2) is 5.82 Å². The SMILES string of the molecule is NCc1nc(-c2cccc(C(F)(F)F)c2)n[nH]1. The summed E-state index contributed by atoms with van der Waals surface area (Å²) in [5.41, 5.74) is 4.90. The van der Waals surface area contributed by atoms with Crippen LogP contribution in [0.3, 0.4) is 0 Å². The van der Waals surface area contributed by atoms with Gasteiger partial charge in [-0.15, -0.1) is 0 Å². The predicted molar refractivity (Wildman–Crippen MR) is 54.7 cm³/mol. The van der Waals surface area contributed by atoms with Crippen LogP contribution in [-0.2, 0) is 12.7 Å². The molecule has 1 aromatic carbocycles. The molecule has 0 aliphatic heterocycles. The van der Waals surface area contributed by atoms with E-state index in [4.69, 9.17) is 5.73 Å². The third-order valence-electron chi connectivity index (χ3n) is 2.17. The summed E-state index contributed by atoms with van der Waals surface area (Å²) in [4.78, 5) is 3.96. The largest absolute Gasteiger partial charge is 0.416 e. The van der Waals surface area contributed by atoms with E-state index in [9.17, 15) is 13.2 Å². The summed E-state index contributed by atoms with van der Waals surface area (Å²) in [5.74, 6) is 0.633. The number of hydrogen-bond acceptors (Lipinski definition) is 3. The van der Waals surface area contributed by atoms with Crippen molar-refractivity contribution >= 4 is 0 Å². The van der Waals surface area contributed by atoms with E-state index in [-0.39, 0.29) is 12.4 Å². The van der Waals surface area contributed by atoms with Gasteiger partial charge in [0.05, 0.1) is 12.1 Å². The Morgan fingerprint density at radius 1 is 1.29 bits per heavy atom. The molecule has 3 N–H and O–H groups in total. The Morgan fingerprint density at radius 2 is 2.06 bits per heavy atom. The summed E-state index contributed by atoms with van der Waals surface area (Å²) in [7, 11) is 0. The Bertz CT molecular complexity index is 518. The number of alkyl halides is 3. The first-order valence-electron chi connectivity index (χ1n) is 4.79. The molecule has 2 aromatic rings. The molecule has 0 amide bonds. The van der Waals surface area contributed by atoms with Gasteiger partial charge in [0.1, 0.15) is 5.82 Å². The number of halogens is 3. The molecule has 90 valence electrons. The van der Waals surface area contributed by atoms with E-state index in [0.29, 0.717) is 11.4 Å².